The molecule has 1 aromatic heterocycles. The highest BCUT2D eigenvalue weighted by molar-refractivity contribution is 7.97. The van der Waals surface area contributed by atoms with Gasteiger partial charge in [-0.1, -0.05) is 18.2 Å². The van der Waals surface area contributed by atoms with Gasteiger partial charge in [0.1, 0.15) is 0 Å². The van der Waals surface area contributed by atoms with Crippen molar-refractivity contribution in [2.45, 2.75) is 5.75 Å². The van der Waals surface area contributed by atoms with E-state index in [1.54, 1.807) is 30.1 Å². The molecule has 0 fully saturated rings. The molecule has 0 bridgehead atoms. The third-order valence-corrected chi connectivity index (χ3v) is 4.21. The van der Waals surface area contributed by atoms with E-state index in [0.29, 0.717) is 0 Å². The Morgan fingerprint density at radius 1 is 1.44 bits per heavy atom. The summed E-state index contributed by atoms with van der Waals surface area (Å²) in [6, 6.07) is 8.18. The maximum atomic E-state index is 11.8. The molecule has 1 amide bonds. The lowest BCUT2D eigenvalue weighted by atomic mass is 10.1. The average molecular weight is 251 g/mol. The van der Waals surface area contributed by atoms with Gasteiger partial charge in [-0.2, -0.15) is 11.8 Å². The van der Waals surface area contributed by atoms with Gasteiger partial charge in [-0.15, -0.1) is 11.3 Å². The van der Waals surface area contributed by atoms with Gasteiger partial charge in [-0.25, -0.2) is 0 Å². The summed E-state index contributed by atoms with van der Waals surface area (Å²) in [7, 11) is 1.68. The smallest absolute Gasteiger partial charge is 0.261 e. The molecule has 1 heterocycles. The van der Waals surface area contributed by atoms with Crippen molar-refractivity contribution in [2.24, 2.45) is 0 Å². The number of rotatable bonds is 3. The molecule has 1 aromatic carbocycles. The Kier molecular flexibility index (Phi) is 3.51. The van der Waals surface area contributed by atoms with E-state index in [9.17, 15) is 4.79 Å². The largest absolute Gasteiger partial charge is 0.354 e. The maximum absolute atomic E-state index is 11.8. The zero-order chi connectivity index (χ0) is 11.5. The summed E-state index contributed by atoms with van der Waals surface area (Å²) in [6.45, 7) is 0. The number of carbonyl (C=O) groups excluding carboxylic acids is 1. The van der Waals surface area contributed by atoms with E-state index in [4.69, 9.17) is 0 Å². The van der Waals surface area contributed by atoms with Crippen LogP contribution in [-0.2, 0) is 5.75 Å². The number of fused-ring (bicyclic) bond motifs is 1. The molecule has 0 aliphatic rings. The van der Waals surface area contributed by atoms with Crippen molar-refractivity contribution in [1.29, 1.82) is 0 Å². The van der Waals surface area contributed by atoms with Crippen LogP contribution in [0.5, 0.6) is 0 Å². The minimum Gasteiger partial charge on any atom is -0.354 e. The minimum atomic E-state index is 0.0187. The first kappa shape index (κ1) is 11.5. The summed E-state index contributed by atoms with van der Waals surface area (Å²) in [5.41, 5.74) is 1.16. The van der Waals surface area contributed by atoms with Crippen molar-refractivity contribution in [3.8, 4) is 0 Å². The van der Waals surface area contributed by atoms with Gasteiger partial charge in [0.05, 0.1) is 4.88 Å². The summed E-state index contributed by atoms with van der Waals surface area (Å²) in [5.74, 6) is 0.900. The van der Waals surface area contributed by atoms with Crippen LogP contribution in [0, 0.1) is 0 Å². The van der Waals surface area contributed by atoms with Gasteiger partial charge in [-0.3, -0.25) is 4.79 Å². The van der Waals surface area contributed by atoms with Crippen LogP contribution in [-0.4, -0.2) is 19.2 Å². The van der Waals surface area contributed by atoms with Crippen molar-refractivity contribution in [2.75, 3.05) is 13.3 Å². The third-order valence-electron chi connectivity index (χ3n) is 2.42. The number of carbonyl (C=O) groups is 1. The number of amides is 1. The van der Waals surface area contributed by atoms with Gasteiger partial charge in [0.2, 0.25) is 0 Å². The molecule has 0 spiro atoms. The SMILES string of the molecule is CNC(=O)c1sc2ccccc2c1CSC. The fourth-order valence-electron chi connectivity index (χ4n) is 1.68. The molecule has 2 nitrogen and oxygen atoms in total. The molecule has 2 aromatic rings. The molecule has 16 heavy (non-hydrogen) atoms. The molecule has 0 saturated carbocycles. The van der Waals surface area contributed by atoms with E-state index >= 15 is 0 Å². The predicted molar refractivity (Wildman–Crippen MR) is 72.4 cm³/mol. The van der Waals surface area contributed by atoms with Gasteiger partial charge in [0.15, 0.2) is 0 Å². The van der Waals surface area contributed by atoms with Gasteiger partial charge >= 0.3 is 0 Å². The predicted octanol–water partition coefficient (Wildman–Crippen LogP) is 3.12. The topological polar surface area (TPSA) is 29.1 Å². The Labute approximate surface area is 103 Å². The fourth-order valence-corrected chi connectivity index (χ4v) is 3.53. The lowest BCUT2D eigenvalue weighted by Gasteiger charge is -2.01. The van der Waals surface area contributed by atoms with Crippen LogP contribution in [0.4, 0.5) is 0 Å². The summed E-state index contributed by atoms with van der Waals surface area (Å²) < 4.78 is 1.19. The summed E-state index contributed by atoms with van der Waals surface area (Å²) in [4.78, 5) is 12.6. The van der Waals surface area contributed by atoms with Crippen molar-refractivity contribution < 1.29 is 4.79 Å². The maximum Gasteiger partial charge on any atom is 0.261 e. The van der Waals surface area contributed by atoms with Gasteiger partial charge < -0.3 is 5.32 Å². The first-order valence-corrected chi connectivity index (χ1v) is 7.20. The summed E-state index contributed by atoms with van der Waals surface area (Å²) >= 11 is 3.31. The van der Waals surface area contributed by atoms with Crippen LogP contribution >= 0.6 is 23.1 Å². The van der Waals surface area contributed by atoms with Gasteiger partial charge in [0.25, 0.3) is 5.91 Å². The number of benzene rings is 1. The van der Waals surface area contributed by atoms with Crippen molar-refractivity contribution in [3.05, 3.63) is 34.7 Å². The number of hydrogen-bond donors (Lipinski definition) is 1. The Morgan fingerprint density at radius 2 is 2.19 bits per heavy atom. The minimum absolute atomic E-state index is 0.0187. The van der Waals surface area contributed by atoms with Crippen LogP contribution in [0.3, 0.4) is 0 Å². The van der Waals surface area contributed by atoms with E-state index < -0.39 is 0 Å². The number of thioether (sulfide) groups is 1. The first-order chi connectivity index (χ1) is 7.77. The van der Waals surface area contributed by atoms with Gasteiger partial charge in [0, 0.05) is 17.5 Å². The molecule has 0 saturated heterocycles. The molecular weight excluding hydrogens is 238 g/mol. The molecule has 4 heteroatoms. The number of nitrogens with one attached hydrogen (secondary N) is 1. The van der Waals surface area contributed by atoms with Crippen molar-refractivity contribution in [3.63, 3.8) is 0 Å². The second-order valence-corrected chi connectivity index (χ2v) is 5.34. The third kappa shape index (κ3) is 1.95. The van der Waals surface area contributed by atoms with E-state index in [2.05, 4.69) is 23.7 Å². The van der Waals surface area contributed by atoms with Crippen molar-refractivity contribution in [1.82, 2.24) is 5.32 Å². The lowest BCUT2D eigenvalue weighted by Crippen LogP contribution is -2.17. The second-order valence-electron chi connectivity index (χ2n) is 3.42. The highest BCUT2D eigenvalue weighted by Crippen LogP contribution is 2.33. The zero-order valence-corrected chi connectivity index (χ0v) is 10.9. The number of hydrogen-bond acceptors (Lipinski definition) is 3. The van der Waals surface area contributed by atoms with Crippen LogP contribution in [0.2, 0.25) is 0 Å². The van der Waals surface area contributed by atoms with E-state index in [-0.39, 0.29) is 5.91 Å². The molecule has 84 valence electrons. The highest BCUT2D eigenvalue weighted by atomic mass is 32.2. The summed E-state index contributed by atoms with van der Waals surface area (Å²) in [5, 5.41) is 3.91. The van der Waals surface area contributed by atoms with Crippen LogP contribution in [0.15, 0.2) is 24.3 Å². The lowest BCUT2D eigenvalue weighted by molar-refractivity contribution is 0.0966. The molecule has 2 rings (SSSR count). The van der Waals surface area contributed by atoms with Crippen LogP contribution in [0.1, 0.15) is 15.2 Å². The zero-order valence-electron chi connectivity index (χ0n) is 9.24. The summed E-state index contributed by atoms with van der Waals surface area (Å²) in [6.07, 6.45) is 2.06. The van der Waals surface area contributed by atoms with Crippen LogP contribution < -0.4 is 5.32 Å². The molecule has 0 aliphatic carbocycles. The second kappa shape index (κ2) is 4.89. The normalized spacial score (nSPS) is 10.6. The first-order valence-electron chi connectivity index (χ1n) is 4.99. The van der Waals surface area contributed by atoms with E-state index in [1.807, 2.05) is 12.1 Å². The van der Waals surface area contributed by atoms with Crippen molar-refractivity contribution >= 4 is 39.1 Å². The number of thiophene rings is 1. The monoisotopic (exact) mass is 251 g/mol. The standard InChI is InChI=1S/C12H13NOS2/c1-13-12(14)11-9(7-15-2)8-5-3-4-6-10(8)16-11/h3-6H,7H2,1-2H3,(H,13,14). The Hall–Kier alpha value is -1.00. The van der Waals surface area contributed by atoms with E-state index in [0.717, 1.165) is 16.2 Å². The Balaban J connectivity index is 2.62. The van der Waals surface area contributed by atoms with Gasteiger partial charge in [-0.05, 0) is 23.3 Å². The Morgan fingerprint density at radius 3 is 2.88 bits per heavy atom. The Bertz CT molecular complexity index is 519. The van der Waals surface area contributed by atoms with E-state index in [1.165, 1.54) is 10.1 Å². The molecule has 0 unspecified atom stereocenters. The van der Waals surface area contributed by atoms with Crippen LogP contribution in [0.25, 0.3) is 10.1 Å². The highest BCUT2D eigenvalue weighted by Gasteiger charge is 2.16. The quantitative estimate of drug-likeness (QED) is 0.908. The molecule has 1 N–H and O–H groups in total. The average Bonchev–Trinajstić information content (AvgIpc) is 2.68. The molecular formula is C12H13NOS2. The molecule has 0 aliphatic heterocycles. The molecule has 0 radical (unpaired) electrons. The fraction of sp³-hybridized carbons (Fsp3) is 0.250. The molecule has 0 atom stereocenters.